The van der Waals surface area contributed by atoms with Crippen molar-refractivity contribution < 1.29 is 18.7 Å². The lowest BCUT2D eigenvalue weighted by Gasteiger charge is -2.12. The van der Waals surface area contributed by atoms with Gasteiger partial charge in [-0.2, -0.15) is 0 Å². The maximum absolute atomic E-state index is 13.2. The molecule has 0 radical (unpaired) electrons. The Kier molecular flexibility index (Phi) is 5.74. The fourth-order valence-corrected chi connectivity index (χ4v) is 3.58. The van der Waals surface area contributed by atoms with Gasteiger partial charge in [-0.05, 0) is 66.8 Å². The molecule has 0 atom stereocenters. The van der Waals surface area contributed by atoms with Crippen LogP contribution in [0.1, 0.15) is 10.4 Å². The molecular formula is C23H18FN3O4S. The van der Waals surface area contributed by atoms with Crippen molar-refractivity contribution in [2.75, 3.05) is 19.5 Å². The summed E-state index contributed by atoms with van der Waals surface area (Å²) in [5, 5.41) is 3.12. The first-order chi connectivity index (χ1) is 15.4. The Hall–Kier alpha value is -3.98. The molecule has 0 bridgehead atoms. The zero-order chi connectivity index (χ0) is 22.8. The summed E-state index contributed by atoms with van der Waals surface area (Å²) in [5.41, 5.74) is 1.26. The van der Waals surface area contributed by atoms with Crippen LogP contribution in [0.5, 0.6) is 11.5 Å². The Morgan fingerprint density at radius 1 is 1.03 bits per heavy atom. The summed E-state index contributed by atoms with van der Waals surface area (Å²) in [4.78, 5) is 28.8. The van der Waals surface area contributed by atoms with E-state index in [0.717, 1.165) is 0 Å². The lowest BCUT2D eigenvalue weighted by molar-refractivity contribution is 0.102. The van der Waals surface area contributed by atoms with Gasteiger partial charge in [-0.15, -0.1) is 0 Å². The van der Waals surface area contributed by atoms with Crippen LogP contribution in [-0.2, 0) is 0 Å². The molecule has 0 aliphatic rings. The molecule has 0 saturated carbocycles. The summed E-state index contributed by atoms with van der Waals surface area (Å²) >= 11 is 5.34. The molecule has 32 heavy (non-hydrogen) atoms. The molecule has 4 aromatic rings. The van der Waals surface area contributed by atoms with E-state index in [4.69, 9.17) is 21.7 Å². The molecule has 1 aromatic heterocycles. The number of rotatable bonds is 5. The maximum Gasteiger partial charge on any atom is 0.266 e. The predicted molar refractivity (Wildman–Crippen MR) is 122 cm³/mol. The van der Waals surface area contributed by atoms with Gasteiger partial charge in [-0.1, -0.05) is 0 Å². The number of carbonyl (C=O) groups excluding carboxylic acids is 1. The smallest absolute Gasteiger partial charge is 0.266 e. The second kappa shape index (κ2) is 8.64. The number of anilines is 1. The van der Waals surface area contributed by atoms with Crippen LogP contribution in [0.4, 0.5) is 10.1 Å². The van der Waals surface area contributed by atoms with Crippen LogP contribution >= 0.6 is 12.2 Å². The Morgan fingerprint density at radius 2 is 1.78 bits per heavy atom. The van der Waals surface area contributed by atoms with Crippen LogP contribution in [0, 0.1) is 10.6 Å². The Labute approximate surface area is 187 Å². The van der Waals surface area contributed by atoms with Crippen molar-refractivity contribution in [3.05, 3.63) is 87.2 Å². The van der Waals surface area contributed by atoms with Crippen molar-refractivity contribution in [3.63, 3.8) is 0 Å². The number of H-pyrrole nitrogens is 1. The average molecular weight is 451 g/mol. The van der Waals surface area contributed by atoms with Gasteiger partial charge in [-0.3, -0.25) is 14.2 Å². The minimum Gasteiger partial charge on any atom is -0.497 e. The van der Waals surface area contributed by atoms with E-state index in [1.54, 1.807) is 36.4 Å². The van der Waals surface area contributed by atoms with E-state index in [2.05, 4.69) is 10.3 Å². The van der Waals surface area contributed by atoms with Crippen LogP contribution in [0.25, 0.3) is 16.6 Å². The molecule has 0 aliphatic carbocycles. The van der Waals surface area contributed by atoms with Crippen molar-refractivity contribution in [2.45, 2.75) is 0 Å². The quantitative estimate of drug-likeness (QED) is 0.438. The van der Waals surface area contributed by atoms with Gasteiger partial charge in [0.25, 0.3) is 11.5 Å². The number of aromatic amines is 1. The number of amides is 1. The average Bonchev–Trinajstić information content (AvgIpc) is 2.80. The number of ether oxygens (including phenoxy) is 2. The van der Waals surface area contributed by atoms with Crippen molar-refractivity contribution in [1.29, 1.82) is 0 Å². The molecule has 162 valence electrons. The molecular weight excluding hydrogens is 433 g/mol. The number of methoxy groups -OCH3 is 2. The van der Waals surface area contributed by atoms with Gasteiger partial charge in [0.1, 0.15) is 17.3 Å². The first kappa shape index (κ1) is 21.3. The molecule has 9 heteroatoms. The zero-order valence-electron chi connectivity index (χ0n) is 17.1. The van der Waals surface area contributed by atoms with Crippen LogP contribution in [0.3, 0.4) is 0 Å². The highest BCUT2D eigenvalue weighted by Crippen LogP contribution is 2.29. The number of hydrogen-bond acceptors (Lipinski definition) is 5. The molecule has 2 N–H and O–H groups in total. The number of aromatic nitrogens is 2. The summed E-state index contributed by atoms with van der Waals surface area (Å²) in [6, 6.07) is 15.1. The molecule has 0 aliphatic heterocycles. The summed E-state index contributed by atoms with van der Waals surface area (Å²) in [6.45, 7) is 0. The van der Waals surface area contributed by atoms with Gasteiger partial charge >= 0.3 is 0 Å². The van der Waals surface area contributed by atoms with Crippen LogP contribution in [0.15, 0.2) is 65.5 Å². The van der Waals surface area contributed by atoms with Gasteiger partial charge < -0.3 is 19.8 Å². The van der Waals surface area contributed by atoms with Crippen LogP contribution < -0.4 is 20.3 Å². The third kappa shape index (κ3) is 3.97. The van der Waals surface area contributed by atoms with E-state index in [1.165, 1.54) is 43.1 Å². The number of carbonyl (C=O) groups is 1. The minimum atomic E-state index is -0.415. The highest BCUT2D eigenvalue weighted by atomic mass is 32.1. The standard InChI is InChI=1S/C23H18FN3O4S/c1-30-16-8-10-18(20(12-16)31-2)25-21(28)13-3-9-17-19(11-13)26-23(32)27(22(17)29)15-6-4-14(24)5-7-15/h3-12H,1-2H3,(H,25,28)(H,26,32). The van der Waals surface area contributed by atoms with Crippen molar-refractivity contribution in [2.24, 2.45) is 0 Å². The van der Waals surface area contributed by atoms with E-state index in [0.29, 0.717) is 39.3 Å². The molecule has 0 unspecified atom stereocenters. The van der Waals surface area contributed by atoms with E-state index in [9.17, 15) is 14.0 Å². The zero-order valence-corrected chi connectivity index (χ0v) is 18.0. The predicted octanol–water partition coefficient (Wildman–Crippen LogP) is 4.46. The van der Waals surface area contributed by atoms with E-state index < -0.39 is 11.7 Å². The van der Waals surface area contributed by atoms with Crippen LogP contribution in [0.2, 0.25) is 0 Å². The van der Waals surface area contributed by atoms with E-state index in [-0.39, 0.29) is 10.3 Å². The molecule has 1 heterocycles. The summed E-state index contributed by atoms with van der Waals surface area (Å²) < 4.78 is 25.1. The first-order valence-electron chi connectivity index (χ1n) is 9.49. The summed E-state index contributed by atoms with van der Waals surface area (Å²) in [5.74, 6) is 0.231. The second-order valence-electron chi connectivity index (χ2n) is 6.83. The Morgan fingerprint density at radius 3 is 2.47 bits per heavy atom. The van der Waals surface area contributed by atoms with Gasteiger partial charge in [0.2, 0.25) is 0 Å². The van der Waals surface area contributed by atoms with E-state index >= 15 is 0 Å². The lowest BCUT2D eigenvalue weighted by atomic mass is 10.1. The number of halogens is 1. The minimum absolute atomic E-state index is 0.128. The second-order valence-corrected chi connectivity index (χ2v) is 7.21. The third-order valence-corrected chi connectivity index (χ3v) is 5.19. The van der Waals surface area contributed by atoms with Gasteiger partial charge in [0.05, 0.1) is 36.5 Å². The summed E-state index contributed by atoms with van der Waals surface area (Å²) in [7, 11) is 3.03. The van der Waals surface area contributed by atoms with Crippen molar-refractivity contribution in [1.82, 2.24) is 9.55 Å². The van der Waals surface area contributed by atoms with Gasteiger partial charge in [-0.25, -0.2) is 4.39 Å². The molecule has 0 saturated heterocycles. The molecule has 3 aromatic carbocycles. The van der Waals surface area contributed by atoms with Gasteiger partial charge in [0, 0.05) is 11.6 Å². The number of hydrogen-bond donors (Lipinski definition) is 2. The van der Waals surface area contributed by atoms with Crippen molar-refractivity contribution >= 4 is 34.7 Å². The monoisotopic (exact) mass is 451 g/mol. The molecule has 4 rings (SSSR count). The van der Waals surface area contributed by atoms with Crippen LogP contribution in [-0.4, -0.2) is 29.7 Å². The summed E-state index contributed by atoms with van der Waals surface area (Å²) in [6.07, 6.45) is 0. The third-order valence-electron chi connectivity index (χ3n) is 4.90. The number of fused-ring (bicyclic) bond motifs is 1. The molecule has 0 spiro atoms. The highest BCUT2D eigenvalue weighted by Gasteiger charge is 2.14. The van der Waals surface area contributed by atoms with Gasteiger partial charge in [0.15, 0.2) is 4.77 Å². The van der Waals surface area contributed by atoms with Crippen molar-refractivity contribution in [3.8, 4) is 17.2 Å². The van der Waals surface area contributed by atoms with E-state index in [1.807, 2.05) is 0 Å². The SMILES string of the molecule is COc1ccc(NC(=O)c2ccc3c(=O)n(-c4ccc(F)cc4)c(=S)[nH]c3c2)c(OC)c1. The highest BCUT2D eigenvalue weighted by molar-refractivity contribution is 7.71. The first-order valence-corrected chi connectivity index (χ1v) is 9.90. The fourth-order valence-electron chi connectivity index (χ4n) is 3.28. The number of nitrogens with one attached hydrogen (secondary N) is 2. The molecule has 0 fully saturated rings. The lowest BCUT2D eigenvalue weighted by Crippen LogP contribution is -2.21. The number of benzene rings is 3. The molecule has 1 amide bonds. The Bertz CT molecular complexity index is 1440. The number of nitrogens with zero attached hydrogens (tertiary/aromatic N) is 1. The Balaban J connectivity index is 1.71. The molecule has 7 nitrogen and oxygen atoms in total. The topological polar surface area (TPSA) is 85.4 Å². The normalized spacial score (nSPS) is 10.7. The largest absolute Gasteiger partial charge is 0.497 e. The fraction of sp³-hybridized carbons (Fsp3) is 0.0870. The maximum atomic E-state index is 13.2.